The number of aliphatic carboxylic acids is 1. The summed E-state index contributed by atoms with van der Waals surface area (Å²) in [5.41, 5.74) is 3.12. The molecular weight excluding hydrogens is 428 g/mol. The van der Waals surface area contributed by atoms with E-state index in [2.05, 4.69) is 16.7 Å². The number of benzene rings is 3. The summed E-state index contributed by atoms with van der Waals surface area (Å²) in [5.74, 6) is -1.71. The normalized spacial score (nSPS) is 14.2. The monoisotopic (exact) mass is 454 g/mol. The van der Waals surface area contributed by atoms with Crippen LogP contribution in [0.4, 0.5) is 11.4 Å². The number of carboxylic acids is 1. The molecule has 0 aliphatic heterocycles. The zero-order chi connectivity index (χ0) is 24.1. The van der Waals surface area contributed by atoms with Crippen LogP contribution in [0.2, 0.25) is 0 Å². The smallest absolute Gasteiger partial charge is 0.303 e. The van der Waals surface area contributed by atoms with Crippen LogP contribution in [0.5, 0.6) is 0 Å². The minimum Gasteiger partial charge on any atom is -0.481 e. The van der Waals surface area contributed by atoms with Gasteiger partial charge >= 0.3 is 5.97 Å². The number of rotatable bonds is 7. The van der Waals surface area contributed by atoms with E-state index in [0.29, 0.717) is 29.8 Å². The first kappa shape index (κ1) is 23.0. The van der Waals surface area contributed by atoms with Crippen molar-refractivity contribution in [3.8, 4) is 0 Å². The molecule has 172 valence electrons. The molecule has 6 nitrogen and oxygen atoms in total. The summed E-state index contributed by atoms with van der Waals surface area (Å²) in [6, 6.07) is 20.4. The second kappa shape index (κ2) is 10.2. The van der Waals surface area contributed by atoms with E-state index in [-0.39, 0.29) is 24.2 Å². The molecule has 0 spiro atoms. The molecule has 1 aliphatic carbocycles. The zero-order valence-electron chi connectivity index (χ0n) is 18.9. The predicted octanol–water partition coefficient (Wildman–Crippen LogP) is 3.48. The van der Waals surface area contributed by atoms with Crippen molar-refractivity contribution in [1.29, 1.82) is 0 Å². The Hall–Kier alpha value is -4.19. The van der Waals surface area contributed by atoms with Crippen LogP contribution in [0.3, 0.4) is 0 Å². The summed E-state index contributed by atoms with van der Waals surface area (Å²) in [6.07, 6.45) is 5.01. The average molecular weight is 455 g/mol. The van der Waals surface area contributed by atoms with Crippen LogP contribution in [-0.2, 0) is 16.0 Å². The third kappa shape index (κ3) is 5.59. The van der Waals surface area contributed by atoms with Gasteiger partial charge in [-0.15, -0.1) is 0 Å². The lowest BCUT2D eigenvalue weighted by Gasteiger charge is -2.17. The summed E-state index contributed by atoms with van der Waals surface area (Å²) in [6.45, 7) is 1.90. The van der Waals surface area contributed by atoms with E-state index < -0.39 is 5.97 Å². The lowest BCUT2D eigenvalue weighted by molar-refractivity contribution is -0.137. The van der Waals surface area contributed by atoms with E-state index in [1.54, 1.807) is 30.3 Å². The van der Waals surface area contributed by atoms with Gasteiger partial charge in [-0.1, -0.05) is 54.6 Å². The largest absolute Gasteiger partial charge is 0.481 e. The topological polar surface area (TPSA) is 95.5 Å². The molecule has 3 aromatic rings. The quantitative estimate of drug-likeness (QED) is 0.509. The Bertz CT molecular complexity index is 1380. The molecule has 0 fully saturated rings. The molecule has 4 rings (SSSR count). The maximum absolute atomic E-state index is 13.1. The molecule has 0 bridgehead atoms. The minimum absolute atomic E-state index is 0.0195. The number of carbonyl (C=O) groups is 3. The number of carboxylic acid groups (broad SMARTS) is 1. The molecule has 0 saturated heterocycles. The first-order valence-corrected chi connectivity index (χ1v) is 11.2. The highest BCUT2D eigenvalue weighted by Gasteiger charge is 2.20. The number of aryl methyl sites for hydroxylation is 2. The van der Waals surface area contributed by atoms with Crippen LogP contribution in [0.1, 0.15) is 34.3 Å². The van der Waals surface area contributed by atoms with Gasteiger partial charge in [0.2, 0.25) is 5.91 Å². The van der Waals surface area contributed by atoms with Crippen LogP contribution in [0.15, 0.2) is 66.7 Å². The van der Waals surface area contributed by atoms with Crippen molar-refractivity contribution >= 4 is 41.3 Å². The molecule has 0 aromatic heterocycles. The fourth-order valence-corrected chi connectivity index (χ4v) is 4.01. The lowest BCUT2D eigenvalue weighted by atomic mass is 9.96. The van der Waals surface area contributed by atoms with Crippen molar-refractivity contribution in [1.82, 2.24) is 0 Å². The fourth-order valence-electron chi connectivity index (χ4n) is 4.01. The van der Waals surface area contributed by atoms with Gasteiger partial charge in [0.1, 0.15) is 0 Å². The van der Waals surface area contributed by atoms with E-state index in [9.17, 15) is 14.4 Å². The molecular formula is C28H26N2O4. The van der Waals surface area contributed by atoms with Gasteiger partial charge in [-0.2, -0.15) is 0 Å². The van der Waals surface area contributed by atoms with E-state index in [4.69, 9.17) is 5.11 Å². The summed E-state index contributed by atoms with van der Waals surface area (Å²) >= 11 is 0. The number of hydrogen-bond donors (Lipinski definition) is 3. The highest BCUT2D eigenvalue weighted by atomic mass is 16.4. The number of hydrogen-bond acceptors (Lipinski definition) is 3. The lowest BCUT2D eigenvalue weighted by Crippen LogP contribution is -2.33. The van der Waals surface area contributed by atoms with Gasteiger partial charge in [0, 0.05) is 12.1 Å². The molecule has 1 atom stereocenters. The summed E-state index contributed by atoms with van der Waals surface area (Å²) in [5, 5.41) is 16.8. The minimum atomic E-state index is -0.870. The molecule has 1 aliphatic rings. The predicted molar refractivity (Wildman–Crippen MR) is 133 cm³/mol. The van der Waals surface area contributed by atoms with Crippen molar-refractivity contribution < 1.29 is 19.5 Å². The van der Waals surface area contributed by atoms with Crippen molar-refractivity contribution in [2.45, 2.75) is 26.2 Å². The fraction of sp³-hybridized carbons (Fsp3) is 0.179. The van der Waals surface area contributed by atoms with Crippen molar-refractivity contribution in [2.75, 3.05) is 10.6 Å². The van der Waals surface area contributed by atoms with Gasteiger partial charge in [-0.3, -0.25) is 14.4 Å². The second-order valence-corrected chi connectivity index (χ2v) is 8.43. The van der Waals surface area contributed by atoms with Crippen molar-refractivity contribution in [3.05, 3.63) is 93.9 Å². The summed E-state index contributed by atoms with van der Waals surface area (Å²) in [4.78, 5) is 37.0. The van der Waals surface area contributed by atoms with Gasteiger partial charge in [0.15, 0.2) is 0 Å². The van der Waals surface area contributed by atoms with E-state index in [1.165, 1.54) is 0 Å². The summed E-state index contributed by atoms with van der Waals surface area (Å²) in [7, 11) is 0. The molecule has 1 unspecified atom stereocenters. The summed E-state index contributed by atoms with van der Waals surface area (Å²) < 4.78 is 0. The van der Waals surface area contributed by atoms with Crippen LogP contribution in [0, 0.1) is 12.8 Å². The first-order valence-electron chi connectivity index (χ1n) is 11.2. The van der Waals surface area contributed by atoms with Crippen LogP contribution >= 0.6 is 0 Å². The Kier molecular flexibility index (Phi) is 6.87. The number of fused-ring (bicyclic) bond motifs is 1. The molecule has 3 N–H and O–H groups in total. The number of nitrogens with one attached hydrogen (secondary N) is 2. The van der Waals surface area contributed by atoms with Crippen molar-refractivity contribution in [2.24, 2.45) is 5.92 Å². The van der Waals surface area contributed by atoms with E-state index >= 15 is 0 Å². The molecule has 2 amide bonds. The maximum Gasteiger partial charge on any atom is 0.303 e. The molecule has 3 aromatic carbocycles. The molecule has 0 heterocycles. The highest BCUT2D eigenvalue weighted by molar-refractivity contribution is 6.10. The molecule has 0 radical (unpaired) electrons. The standard InChI is InChI=1S/C28H26N2O4/c1-18-9-13-24(28(34)29-23-8-4-5-19(16-23)10-14-26(31)32)25(15-18)30-27(33)22-12-11-20-6-2-3-7-21(20)17-22/h2-9,11,13,15-17,22H,10,12,14H2,1H3,(H,29,34)(H,30,33)(H,31,32). The third-order valence-corrected chi connectivity index (χ3v) is 5.80. The molecule has 6 heteroatoms. The van der Waals surface area contributed by atoms with Gasteiger partial charge in [-0.05, 0) is 65.6 Å². The van der Waals surface area contributed by atoms with Gasteiger partial charge in [-0.25, -0.2) is 0 Å². The second-order valence-electron chi connectivity index (χ2n) is 8.43. The van der Waals surface area contributed by atoms with E-state index in [0.717, 1.165) is 21.6 Å². The maximum atomic E-state index is 13.1. The Labute approximate surface area is 197 Å². The van der Waals surface area contributed by atoms with Gasteiger partial charge in [0.05, 0.1) is 17.2 Å². The Balaban J connectivity index is 1.51. The molecule has 0 saturated carbocycles. The van der Waals surface area contributed by atoms with Gasteiger partial charge < -0.3 is 15.7 Å². The number of amides is 2. The highest BCUT2D eigenvalue weighted by Crippen LogP contribution is 2.22. The average Bonchev–Trinajstić information content (AvgIpc) is 2.82. The van der Waals surface area contributed by atoms with Crippen molar-refractivity contribution in [3.63, 3.8) is 0 Å². The Morgan fingerprint density at radius 2 is 1.74 bits per heavy atom. The molecule has 34 heavy (non-hydrogen) atoms. The zero-order valence-corrected chi connectivity index (χ0v) is 18.9. The Morgan fingerprint density at radius 3 is 2.53 bits per heavy atom. The number of carbonyl (C=O) groups excluding carboxylic acids is 2. The first-order chi connectivity index (χ1) is 16.4. The van der Waals surface area contributed by atoms with Crippen LogP contribution < -0.4 is 21.1 Å². The van der Waals surface area contributed by atoms with E-state index in [1.807, 2.05) is 49.4 Å². The Morgan fingerprint density at radius 1 is 0.941 bits per heavy atom. The van der Waals surface area contributed by atoms with Crippen LogP contribution in [-0.4, -0.2) is 22.9 Å². The SMILES string of the molecule is Cc1ccc(C(=O)Nc2cccc(CCC(=O)O)c2)c(NC(=O)C2C=c3ccccc3=CC2)c1. The van der Waals surface area contributed by atoms with Gasteiger partial charge in [0.25, 0.3) is 5.91 Å². The van der Waals surface area contributed by atoms with Crippen LogP contribution in [0.25, 0.3) is 12.2 Å². The number of anilines is 2. The third-order valence-electron chi connectivity index (χ3n) is 5.80.